The maximum atomic E-state index is 13.8. The number of guanidine groups is 2. The number of nitrogens with two attached hydrogens (primary N) is 1. The van der Waals surface area contributed by atoms with Gasteiger partial charge >= 0.3 is 24.4 Å². The molecule has 0 aromatic carbocycles. The lowest BCUT2D eigenvalue weighted by atomic mass is 9.88. The van der Waals surface area contributed by atoms with E-state index in [0.29, 0.717) is 0 Å². The number of alkyl carbamates (subject to hydrolysis) is 2. The quantitative estimate of drug-likeness (QED) is 0.345. The molecular formula is C25H41N7O9. The number of carbonyl (C=O) groups is 4. The predicted molar refractivity (Wildman–Crippen MR) is 145 cm³/mol. The number of carbonyl (C=O) groups excluding carboxylic acids is 4. The molecule has 16 nitrogen and oxygen atoms in total. The van der Waals surface area contributed by atoms with E-state index in [1.165, 1.54) is 4.90 Å². The van der Waals surface area contributed by atoms with E-state index < -0.39 is 71.6 Å². The summed E-state index contributed by atoms with van der Waals surface area (Å²) >= 11 is 0. The zero-order chi connectivity index (χ0) is 31.1. The van der Waals surface area contributed by atoms with Crippen LogP contribution in [0.25, 0.3) is 0 Å². The topological polar surface area (TPSA) is 207 Å². The van der Waals surface area contributed by atoms with Crippen LogP contribution in [0.2, 0.25) is 0 Å². The molecule has 0 bridgehead atoms. The second kappa shape index (κ2) is 10.9. The summed E-state index contributed by atoms with van der Waals surface area (Å²) < 4.78 is 21.5. The molecule has 4 amide bonds. The summed E-state index contributed by atoms with van der Waals surface area (Å²) in [5.74, 6) is -0.366. The molecule has 0 radical (unpaired) electrons. The third kappa shape index (κ3) is 7.10. The molecule has 0 unspecified atom stereocenters. The van der Waals surface area contributed by atoms with Gasteiger partial charge in [0.1, 0.15) is 41.6 Å². The Morgan fingerprint density at radius 3 is 1.90 bits per heavy atom. The lowest BCUT2D eigenvalue weighted by molar-refractivity contribution is -0.0620. The van der Waals surface area contributed by atoms with E-state index in [1.54, 1.807) is 62.3 Å². The molecule has 5 N–H and O–H groups in total. The molecule has 4 atom stereocenters. The highest BCUT2D eigenvalue weighted by Crippen LogP contribution is 2.46. The Balaban J connectivity index is 2.15. The fraction of sp³-hybridized carbons (Fsp3) is 0.760. The van der Waals surface area contributed by atoms with E-state index in [2.05, 4.69) is 20.6 Å². The van der Waals surface area contributed by atoms with Crippen LogP contribution in [0.4, 0.5) is 19.2 Å². The number of ether oxygens (including phenoxy) is 4. The number of primary amides is 1. The molecule has 0 aliphatic carbocycles. The van der Waals surface area contributed by atoms with Crippen molar-refractivity contribution in [2.45, 2.75) is 109 Å². The minimum atomic E-state index is -1.76. The van der Waals surface area contributed by atoms with E-state index in [1.807, 2.05) is 0 Å². The predicted octanol–water partition coefficient (Wildman–Crippen LogP) is 1.61. The molecule has 3 heterocycles. The highest BCUT2D eigenvalue weighted by atomic mass is 16.6. The highest BCUT2D eigenvalue weighted by molar-refractivity contribution is 6.05. The van der Waals surface area contributed by atoms with Crippen molar-refractivity contribution in [3.8, 4) is 0 Å². The number of amides is 4. The monoisotopic (exact) mass is 583 g/mol. The molecule has 41 heavy (non-hydrogen) atoms. The molecule has 230 valence electrons. The number of aliphatic hydroxyl groups excluding tert-OH is 1. The number of hydrogen-bond donors (Lipinski definition) is 4. The lowest BCUT2D eigenvalue weighted by Crippen LogP contribution is -2.75. The van der Waals surface area contributed by atoms with Gasteiger partial charge in [-0.3, -0.25) is 10.6 Å². The third-order valence-corrected chi connectivity index (χ3v) is 5.92. The van der Waals surface area contributed by atoms with E-state index in [4.69, 9.17) is 24.7 Å². The van der Waals surface area contributed by atoms with Gasteiger partial charge in [-0.25, -0.2) is 34.1 Å². The van der Waals surface area contributed by atoms with Crippen molar-refractivity contribution in [1.29, 1.82) is 0 Å². The summed E-state index contributed by atoms with van der Waals surface area (Å²) in [6.45, 7) is 14.7. The van der Waals surface area contributed by atoms with E-state index in [9.17, 15) is 24.3 Å². The SMILES string of the molecule is CC(C)(C)OC(=O)NC1=N[C@@H](COC(N)=O)[C@@H]2N=C(NC(=O)OC(C)(C)C)N(C(=O)OC(C)(C)C)[C@@]23[C@@H](O)CCN13. The molecule has 1 spiro atoms. The first-order valence-corrected chi connectivity index (χ1v) is 13.2. The zero-order valence-electron chi connectivity index (χ0n) is 24.9. The van der Waals surface area contributed by atoms with Gasteiger partial charge in [-0.1, -0.05) is 0 Å². The zero-order valence-corrected chi connectivity index (χ0v) is 24.9. The minimum absolute atomic E-state index is 0.0765. The molecule has 0 saturated carbocycles. The summed E-state index contributed by atoms with van der Waals surface area (Å²) in [7, 11) is 0. The number of nitrogens with zero attached hydrogens (tertiary/aromatic N) is 4. The summed E-state index contributed by atoms with van der Waals surface area (Å²) in [5, 5.41) is 16.6. The second-order valence-corrected chi connectivity index (χ2v) is 12.9. The van der Waals surface area contributed by atoms with Gasteiger partial charge in [0.05, 0.1) is 0 Å². The number of rotatable bonds is 2. The molecule has 16 heteroatoms. The highest BCUT2D eigenvalue weighted by Gasteiger charge is 2.69. The summed E-state index contributed by atoms with van der Waals surface area (Å²) in [6, 6.07) is -2.18. The van der Waals surface area contributed by atoms with Crippen LogP contribution in [0, 0.1) is 0 Å². The Kier molecular flexibility index (Phi) is 8.41. The van der Waals surface area contributed by atoms with Gasteiger partial charge in [-0.05, 0) is 68.7 Å². The molecule has 3 aliphatic heterocycles. The summed E-state index contributed by atoms with van der Waals surface area (Å²) in [4.78, 5) is 62.6. The fourth-order valence-electron chi connectivity index (χ4n) is 4.79. The van der Waals surface area contributed by atoms with Crippen molar-refractivity contribution in [1.82, 2.24) is 20.4 Å². The molecule has 3 aliphatic rings. The Bertz CT molecular complexity index is 1140. The van der Waals surface area contributed by atoms with Gasteiger partial charge in [0, 0.05) is 6.54 Å². The van der Waals surface area contributed by atoms with E-state index in [-0.39, 0.29) is 24.9 Å². The van der Waals surface area contributed by atoms with Gasteiger partial charge < -0.3 is 34.7 Å². The maximum absolute atomic E-state index is 13.8. The van der Waals surface area contributed by atoms with E-state index in [0.717, 1.165) is 4.90 Å². The second-order valence-electron chi connectivity index (χ2n) is 12.9. The van der Waals surface area contributed by atoms with Crippen LogP contribution < -0.4 is 16.4 Å². The smallest absolute Gasteiger partial charge is 0.419 e. The molecule has 1 fully saturated rings. The number of aliphatic imine (C=N–C) groups is 2. The van der Waals surface area contributed by atoms with Crippen molar-refractivity contribution in [2.24, 2.45) is 15.7 Å². The van der Waals surface area contributed by atoms with Gasteiger partial charge in [0.15, 0.2) is 5.66 Å². The molecule has 0 aromatic heterocycles. The standard InChI is InChI=1S/C25H41N7O9/c1-22(2,3)39-19(35)29-17-27-13(12-38-16(26)34)15-25(14(33)10-11-31(17)25)32(21(37)41-24(7,8)9)18(28-15)30-20(36)40-23(4,5)6/h13-15,33H,10-12H2,1-9H3,(H2,26,34)(H,27,29,35)(H,28,30,36)/t13-,14-,15-,25-/m0/s1. The first-order valence-electron chi connectivity index (χ1n) is 13.2. The molecule has 3 rings (SSSR count). The Labute approximate surface area is 238 Å². The third-order valence-electron chi connectivity index (χ3n) is 5.92. The minimum Gasteiger partial charge on any atom is -0.447 e. The van der Waals surface area contributed by atoms with Crippen LogP contribution in [-0.4, -0.2) is 105 Å². The van der Waals surface area contributed by atoms with Gasteiger partial charge in [-0.2, -0.15) is 0 Å². The molecular weight excluding hydrogens is 542 g/mol. The van der Waals surface area contributed by atoms with Crippen LogP contribution in [0.3, 0.4) is 0 Å². The van der Waals surface area contributed by atoms with Gasteiger partial charge in [0.2, 0.25) is 11.9 Å². The average molecular weight is 584 g/mol. The first kappa shape index (κ1) is 31.7. The normalized spacial score (nSPS) is 25.8. The Morgan fingerprint density at radius 1 is 0.902 bits per heavy atom. The van der Waals surface area contributed by atoms with Crippen molar-refractivity contribution in [3.05, 3.63) is 0 Å². The Hall–Kier alpha value is -3.82. The van der Waals surface area contributed by atoms with Crippen LogP contribution in [0.5, 0.6) is 0 Å². The molecule has 1 saturated heterocycles. The average Bonchev–Trinajstić information content (AvgIpc) is 3.25. The van der Waals surface area contributed by atoms with Gasteiger partial charge in [0.25, 0.3) is 0 Å². The number of hydrogen-bond acceptors (Lipinski definition) is 12. The summed E-state index contributed by atoms with van der Waals surface area (Å²) in [6.07, 6.45) is -4.99. The van der Waals surface area contributed by atoms with Crippen molar-refractivity contribution in [2.75, 3.05) is 13.2 Å². The number of nitrogens with one attached hydrogen (secondary N) is 2. The van der Waals surface area contributed by atoms with E-state index >= 15 is 0 Å². The Morgan fingerprint density at radius 2 is 1.41 bits per heavy atom. The largest absolute Gasteiger partial charge is 0.447 e. The van der Waals surface area contributed by atoms with Crippen LogP contribution in [0.15, 0.2) is 9.98 Å². The fourth-order valence-corrected chi connectivity index (χ4v) is 4.79. The number of aliphatic hydroxyl groups is 1. The maximum Gasteiger partial charge on any atom is 0.419 e. The van der Waals surface area contributed by atoms with Gasteiger partial charge in [-0.15, -0.1) is 0 Å². The van der Waals surface area contributed by atoms with Crippen LogP contribution in [0.1, 0.15) is 68.7 Å². The van der Waals surface area contributed by atoms with Crippen LogP contribution in [-0.2, 0) is 18.9 Å². The van der Waals surface area contributed by atoms with Crippen molar-refractivity contribution >= 4 is 36.3 Å². The van der Waals surface area contributed by atoms with Crippen LogP contribution >= 0.6 is 0 Å². The lowest BCUT2D eigenvalue weighted by Gasteiger charge is -2.50. The summed E-state index contributed by atoms with van der Waals surface area (Å²) in [5.41, 5.74) is 0.743. The first-order chi connectivity index (χ1) is 18.6. The van der Waals surface area contributed by atoms with Crippen molar-refractivity contribution in [3.63, 3.8) is 0 Å². The van der Waals surface area contributed by atoms with Crippen molar-refractivity contribution < 1.29 is 43.2 Å². The molecule has 0 aromatic rings.